The third kappa shape index (κ3) is 2.89. The molecule has 1 saturated carbocycles. The van der Waals surface area contributed by atoms with Crippen LogP contribution in [0.4, 0.5) is 0 Å². The van der Waals surface area contributed by atoms with Gasteiger partial charge in [-0.25, -0.2) is 4.98 Å². The lowest BCUT2D eigenvalue weighted by molar-refractivity contribution is 0.0227. The van der Waals surface area contributed by atoms with E-state index in [0.29, 0.717) is 24.2 Å². The van der Waals surface area contributed by atoms with Crippen molar-refractivity contribution in [2.45, 2.75) is 31.9 Å². The lowest BCUT2D eigenvalue weighted by Gasteiger charge is -2.37. The number of fused-ring (bicyclic) bond motifs is 1. The molecule has 0 bridgehead atoms. The fourth-order valence-corrected chi connectivity index (χ4v) is 3.49. The van der Waals surface area contributed by atoms with Gasteiger partial charge in [0.15, 0.2) is 0 Å². The van der Waals surface area contributed by atoms with Crippen LogP contribution < -0.4 is 5.32 Å². The van der Waals surface area contributed by atoms with Gasteiger partial charge in [0.05, 0.1) is 23.5 Å². The standard InChI is InChI=1S/C19H20N4O2/c1-12-18(23-9-5-3-7-16(23)21-12)19(25)22-17(13-10-14(24)11-13)15-6-2-4-8-20-15/h2-9,13-14,17,24H,10-11H2,1H3,(H,22,25)/t13?,14?,17-/m1/s1. The van der Waals surface area contributed by atoms with Crippen molar-refractivity contribution in [2.24, 2.45) is 5.92 Å². The smallest absolute Gasteiger partial charge is 0.270 e. The highest BCUT2D eigenvalue weighted by atomic mass is 16.3. The molecule has 128 valence electrons. The normalized spacial score (nSPS) is 20.9. The highest BCUT2D eigenvalue weighted by Gasteiger charge is 2.37. The number of rotatable bonds is 4. The van der Waals surface area contributed by atoms with Crippen LogP contribution in [0.1, 0.15) is 40.8 Å². The van der Waals surface area contributed by atoms with Crippen molar-refractivity contribution in [1.82, 2.24) is 19.7 Å². The van der Waals surface area contributed by atoms with E-state index in [-0.39, 0.29) is 24.0 Å². The molecule has 25 heavy (non-hydrogen) atoms. The molecule has 3 aromatic heterocycles. The minimum atomic E-state index is -0.286. The summed E-state index contributed by atoms with van der Waals surface area (Å²) in [6, 6.07) is 11.1. The van der Waals surface area contributed by atoms with Crippen LogP contribution in [-0.2, 0) is 0 Å². The molecular formula is C19H20N4O2. The van der Waals surface area contributed by atoms with Gasteiger partial charge in [-0.1, -0.05) is 12.1 Å². The molecule has 1 amide bonds. The van der Waals surface area contributed by atoms with Crippen LogP contribution in [0.15, 0.2) is 48.8 Å². The van der Waals surface area contributed by atoms with Gasteiger partial charge in [0.2, 0.25) is 0 Å². The number of aromatic nitrogens is 3. The Labute approximate surface area is 145 Å². The van der Waals surface area contributed by atoms with Gasteiger partial charge in [-0.3, -0.25) is 14.2 Å². The second-order valence-electron chi connectivity index (χ2n) is 6.57. The highest BCUT2D eigenvalue weighted by Crippen LogP contribution is 2.37. The third-order valence-corrected chi connectivity index (χ3v) is 4.83. The molecule has 0 aromatic carbocycles. The van der Waals surface area contributed by atoms with Crippen molar-refractivity contribution >= 4 is 11.6 Å². The van der Waals surface area contributed by atoms with Crippen LogP contribution in [0.3, 0.4) is 0 Å². The van der Waals surface area contributed by atoms with Crippen molar-refractivity contribution in [3.63, 3.8) is 0 Å². The number of pyridine rings is 2. The summed E-state index contributed by atoms with van der Waals surface area (Å²) < 4.78 is 1.80. The first kappa shape index (κ1) is 15.8. The van der Waals surface area contributed by atoms with Gasteiger partial charge in [-0.15, -0.1) is 0 Å². The van der Waals surface area contributed by atoms with Gasteiger partial charge in [-0.05, 0) is 49.9 Å². The van der Waals surface area contributed by atoms with E-state index >= 15 is 0 Å². The number of aryl methyl sites for hydroxylation is 1. The Morgan fingerprint density at radius 2 is 2.08 bits per heavy atom. The number of aliphatic hydroxyl groups is 1. The van der Waals surface area contributed by atoms with E-state index in [1.807, 2.05) is 49.5 Å². The zero-order valence-corrected chi connectivity index (χ0v) is 14.0. The maximum atomic E-state index is 13.0. The second-order valence-corrected chi connectivity index (χ2v) is 6.57. The SMILES string of the molecule is Cc1nc2ccccn2c1C(=O)N[C@@H](c1ccccn1)C1CC(O)C1. The van der Waals surface area contributed by atoms with E-state index in [9.17, 15) is 9.90 Å². The van der Waals surface area contributed by atoms with E-state index in [0.717, 1.165) is 11.3 Å². The number of imidazole rings is 1. The Bertz CT molecular complexity index is 900. The van der Waals surface area contributed by atoms with Crippen molar-refractivity contribution in [1.29, 1.82) is 0 Å². The summed E-state index contributed by atoms with van der Waals surface area (Å²) in [5, 5.41) is 12.8. The van der Waals surface area contributed by atoms with Crippen molar-refractivity contribution in [3.8, 4) is 0 Å². The fraction of sp³-hybridized carbons (Fsp3) is 0.316. The molecule has 1 fully saturated rings. The lowest BCUT2D eigenvalue weighted by Crippen LogP contribution is -2.42. The largest absolute Gasteiger partial charge is 0.393 e. The summed E-state index contributed by atoms with van der Waals surface area (Å²) in [6.07, 6.45) is 4.63. The molecule has 2 N–H and O–H groups in total. The monoisotopic (exact) mass is 336 g/mol. The number of carbonyl (C=O) groups excluding carboxylic acids is 1. The van der Waals surface area contributed by atoms with Gasteiger partial charge in [0.25, 0.3) is 5.91 Å². The van der Waals surface area contributed by atoms with Gasteiger partial charge in [-0.2, -0.15) is 0 Å². The first-order chi connectivity index (χ1) is 12.1. The third-order valence-electron chi connectivity index (χ3n) is 4.83. The molecule has 0 aliphatic heterocycles. The van der Waals surface area contributed by atoms with Crippen molar-refractivity contribution < 1.29 is 9.90 Å². The molecule has 1 aliphatic carbocycles. The maximum absolute atomic E-state index is 13.0. The van der Waals surface area contributed by atoms with Crippen molar-refractivity contribution in [2.75, 3.05) is 0 Å². The van der Waals surface area contributed by atoms with Crippen LogP contribution in [-0.4, -0.2) is 31.5 Å². The number of amides is 1. The zero-order valence-electron chi connectivity index (χ0n) is 14.0. The predicted molar refractivity (Wildman–Crippen MR) is 93.1 cm³/mol. The van der Waals surface area contributed by atoms with Gasteiger partial charge in [0, 0.05) is 12.4 Å². The van der Waals surface area contributed by atoms with Crippen LogP contribution in [0.5, 0.6) is 0 Å². The number of hydrogen-bond donors (Lipinski definition) is 2. The number of aliphatic hydroxyl groups excluding tert-OH is 1. The second kappa shape index (κ2) is 6.29. The number of nitrogens with one attached hydrogen (secondary N) is 1. The Hall–Kier alpha value is -2.73. The number of hydrogen-bond acceptors (Lipinski definition) is 4. The minimum absolute atomic E-state index is 0.173. The molecule has 0 unspecified atom stereocenters. The molecule has 6 heteroatoms. The van der Waals surface area contributed by atoms with E-state index in [2.05, 4.69) is 15.3 Å². The number of nitrogens with zero attached hydrogens (tertiary/aromatic N) is 3. The highest BCUT2D eigenvalue weighted by molar-refractivity contribution is 5.94. The quantitative estimate of drug-likeness (QED) is 0.766. The molecule has 0 radical (unpaired) electrons. The van der Waals surface area contributed by atoms with Crippen LogP contribution in [0.25, 0.3) is 5.65 Å². The molecule has 6 nitrogen and oxygen atoms in total. The van der Waals surface area contributed by atoms with E-state index < -0.39 is 0 Å². The predicted octanol–water partition coefficient (Wildman–Crippen LogP) is 2.28. The molecule has 0 spiro atoms. The molecule has 0 saturated heterocycles. The average molecular weight is 336 g/mol. The Morgan fingerprint density at radius 1 is 1.28 bits per heavy atom. The van der Waals surface area contributed by atoms with E-state index in [4.69, 9.17) is 0 Å². The van der Waals surface area contributed by atoms with Gasteiger partial charge < -0.3 is 10.4 Å². The summed E-state index contributed by atoms with van der Waals surface area (Å²) in [4.78, 5) is 21.8. The van der Waals surface area contributed by atoms with Crippen molar-refractivity contribution in [3.05, 3.63) is 65.9 Å². The minimum Gasteiger partial charge on any atom is -0.393 e. The summed E-state index contributed by atoms with van der Waals surface area (Å²) in [5.74, 6) is 0.0154. The molecule has 4 rings (SSSR count). The van der Waals surface area contributed by atoms with Crippen LogP contribution >= 0.6 is 0 Å². The fourth-order valence-electron chi connectivity index (χ4n) is 3.49. The Morgan fingerprint density at radius 3 is 2.80 bits per heavy atom. The van der Waals surface area contributed by atoms with E-state index in [1.165, 1.54) is 0 Å². The first-order valence-corrected chi connectivity index (χ1v) is 8.47. The maximum Gasteiger partial charge on any atom is 0.270 e. The molecule has 1 aliphatic rings. The van der Waals surface area contributed by atoms with Crippen LogP contribution in [0.2, 0.25) is 0 Å². The van der Waals surface area contributed by atoms with Gasteiger partial charge >= 0.3 is 0 Å². The van der Waals surface area contributed by atoms with E-state index in [1.54, 1.807) is 10.6 Å². The Balaban J connectivity index is 1.65. The summed E-state index contributed by atoms with van der Waals surface area (Å²) in [7, 11) is 0. The topological polar surface area (TPSA) is 79.5 Å². The Kier molecular flexibility index (Phi) is 3.97. The molecule has 3 aromatic rings. The average Bonchev–Trinajstić information content (AvgIpc) is 2.93. The summed E-state index contributed by atoms with van der Waals surface area (Å²) in [6.45, 7) is 1.84. The zero-order chi connectivity index (χ0) is 17.4. The summed E-state index contributed by atoms with van der Waals surface area (Å²) in [5.41, 5.74) is 2.80. The number of carbonyl (C=O) groups is 1. The lowest BCUT2D eigenvalue weighted by atomic mass is 9.76. The van der Waals surface area contributed by atoms with Crippen LogP contribution in [0, 0.1) is 12.8 Å². The first-order valence-electron chi connectivity index (χ1n) is 8.47. The molecule has 3 heterocycles. The molecular weight excluding hydrogens is 316 g/mol. The molecule has 1 atom stereocenters. The summed E-state index contributed by atoms with van der Waals surface area (Å²) >= 11 is 0. The van der Waals surface area contributed by atoms with Gasteiger partial charge in [0.1, 0.15) is 11.3 Å².